The fourth-order valence-electron chi connectivity index (χ4n) is 1.48. The van der Waals surface area contributed by atoms with Crippen LogP contribution in [-0.2, 0) is 0 Å². The lowest BCUT2D eigenvalue weighted by atomic mass is 9.94. The highest BCUT2D eigenvalue weighted by Crippen LogP contribution is 2.20. The van der Waals surface area contributed by atoms with Crippen LogP contribution in [0, 0.1) is 0 Å². The Bertz CT molecular complexity index is 241. The molecule has 1 nitrogen and oxygen atoms in total. The van der Waals surface area contributed by atoms with E-state index in [4.69, 9.17) is 0 Å². The first-order valence-corrected chi connectivity index (χ1v) is 4.84. The first-order valence-electron chi connectivity index (χ1n) is 4.84. The minimum Gasteiger partial charge on any atom is -0.306 e. The molecule has 0 unspecified atom stereocenters. The number of hydrogen-bond acceptors (Lipinski definition) is 1. The summed E-state index contributed by atoms with van der Waals surface area (Å²) < 4.78 is 0. The third kappa shape index (κ3) is 2.56. The van der Waals surface area contributed by atoms with Gasteiger partial charge in [-0.3, -0.25) is 0 Å². The largest absolute Gasteiger partial charge is 0.306 e. The maximum atomic E-state index is 2.28. The number of hydrogen-bond donors (Lipinski definition) is 0. The number of nitrogens with zero attached hydrogens (tertiary/aromatic N) is 1. The Morgan fingerprint density at radius 1 is 1.00 bits per heavy atom. The van der Waals surface area contributed by atoms with E-state index in [1.165, 1.54) is 5.56 Å². The summed E-state index contributed by atoms with van der Waals surface area (Å²) in [7, 11) is 4.26. The summed E-state index contributed by atoms with van der Waals surface area (Å²) in [5.74, 6) is 0.594. The molecule has 0 saturated carbocycles. The topological polar surface area (TPSA) is 3.24 Å². The Kier molecular flexibility index (Phi) is 3.49. The molecule has 0 aromatic heterocycles. The first kappa shape index (κ1) is 10.3. The molecule has 0 heterocycles. The molecule has 72 valence electrons. The van der Waals surface area contributed by atoms with Gasteiger partial charge in [0.15, 0.2) is 0 Å². The Hall–Kier alpha value is -0.820. The van der Waals surface area contributed by atoms with Gasteiger partial charge in [-0.25, -0.2) is 0 Å². The van der Waals surface area contributed by atoms with Crippen molar-refractivity contribution in [2.24, 2.45) is 0 Å². The molecule has 13 heavy (non-hydrogen) atoms. The van der Waals surface area contributed by atoms with Gasteiger partial charge in [-0.05, 0) is 32.5 Å². The normalized spacial score (nSPS) is 15.8. The molecule has 0 aliphatic rings. The van der Waals surface area contributed by atoms with Gasteiger partial charge in [-0.2, -0.15) is 0 Å². The van der Waals surface area contributed by atoms with Crippen molar-refractivity contribution in [2.45, 2.75) is 25.8 Å². The second-order valence-corrected chi connectivity index (χ2v) is 3.90. The highest BCUT2D eigenvalue weighted by atomic mass is 15.1. The van der Waals surface area contributed by atoms with E-state index >= 15 is 0 Å². The van der Waals surface area contributed by atoms with Crippen LogP contribution in [0.4, 0.5) is 0 Å². The molecule has 0 amide bonds. The number of likely N-dealkylation sites (N-methyl/N-ethyl adjacent to an activating group) is 1. The number of benzene rings is 1. The quantitative estimate of drug-likeness (QED) is 0.686. The van der Waals surface area contributed by atoms with Crippen molar-refractivity contribution < 1.29 is 0 Å². The molecule has 1 heteroatoms. The fourth-order valence-corrected chi connectivity index (χ4v) is 1.48. The molecule has 0 N–H and O–H groups in total. The van der Waals surface area contributed by atoms with Crippen molar-refractivity contribution in [3.63, 3.8) is 0 Å². The Morgan fingerprint density at radius 3 is 2.00 bits per heavy atom. The standard InChI is InChI=1S/C12H19N/c1-10(11(2)13(3)4)12-8-6-5-7-9-12/h5-11H,1-4H3/t10-,11-/m1/s1. The molecular weight excluding hydrogens is 158 g/mol. The predicted molar refractivity (Wildman–Crippen MR) is 58.0 cm³/mol. The van der Waals surface area contributed by atoms with Crippen LogP contribution in [0.3, 0.4) is 0 Å². The van der Waals surface area contributed by atoms with Crippen LogP contribution in [0.5, 0.6) is 0 Å². The molecular formula is C12H19N. The Morgan fingerprint density at radius 2 is 1.54 bits per heavy atom. The SMILES string of the molecule is C[C@H]([C@@H](C)c1ccccc1)N(C)C. The summed E-state index contributed by atoms with van der Waals surface area (Å²) in [6.07, 6.45) is 0. The molecule has 1 aromatic carbocycles. The van der Waals surface area contributed by atoms with E-state index in [1.54, 1.807) is 0 Å². The highest BCUT2D eigenvalue weighted by molar-refractivity contribution is 5.20. The van der Waals surface area contributed by atoms with E-state index in [0.29, 0.717) is 12.0 Å². The van der Waals surface area contributed by atoms with Crippen molar-refractivity contribution in [3.8, 4) is 0 Å². The summed E-state index contributed by atoms with van der Waals surface area (Å²) in [6, 6.07) is 11.3. The van der Waals surface area contributed by atoms with Gasteiger partial charge < -0.3 is 4.90 Å². The summed E-state index contributed by atoms with van der Waals surface area (Å²) >= 11 is 0. The molecule has 0 spiro atoms. The predicted octanol–water partition coefficient (Wildman–Crippen LogP) is 2.74. The molecule has 1 aromatic rings. The Balaban J connectivity index is 2.73. The zero-order valence-electron chi connectivity index (χ0n) is 8.99. The lowest BCUT2D eigenvalue weighted by Crippen LogP contribution is -2.29. The van der Waals surface area contributed by atoms with Crippen molar-refractivity contribution >= 4 is 0 Å². The van der Waals surface area contributed by atoms with Gasteiger partial charge in [-0.15, -0.1) is 0 Å². The van der Waals surface area contributed by atoms with E-state index in [-0.39, 0.29) is 0 Å². The average Bonchev–Trinajstić information content (AvgIpc) is 2.17. The molecule has 0 aliphatic heterocycles. The van der Waals surface area contributed by atoms with E-state index in [0.717, 1.165) is 0 Å². The second kappa shape index (κ2) is 4.43. The van der Waals surface area contributed by atoms with Crippen LogP contribution < -0.4 is 0 Å². The second-order valence-electron chi connectivity index (χ2n) is 3.90. The van der Waals surface area contributed by atoms with E-state index < -0.39 is 0 Å². The van der Waals surface area contributed by atoms with Gasteiger partial charge in [0.25, 0.3) is 0 Å². The van der Waals surface area contributed by atoms with Crippen LogP contribution in [0.15, 0.2) is 30.3 Å². The molecule has 0 saturated heterocycles. The molecule has 0 fully saturated rings. The van der Waals surface area contributed by atoms with Gasteiger partial charge in [0.1, 0.15) is 0 Å². The summed E-state index contributed by atoms with van der Waals surface area (Å²) in [5, 5.41) is 0. The summed E-state index contributed by atoms with van der Waals surface area (Å²) in [6.45, 7) is 4.54. The monoisotopic (exact) mass is 177 g/mol. The molecule has 2 atom stereocenters. The Labute approximate surface area is 81.4 Å². The van der Waals surface area contributed by atoms with Crippen LogP contribution >= 0.6 is 0 Å². The van der Waals surface area contributed by atoms with Crippen molar-refractivity contribution in [1.82, 2.24) is 4.90 Å². The van der Waals surface area contributed by atoms with Gasteiger partial charge in [-0.1, -0.05) is 37.3 Å². The maximum absolute atomic E-state index is 2.28. The van der Waals surface area contributed by atoms with Gasteiger partial charge in [0, 0.05) is 6.04 Å². The van der Waals surface area contributed by atoms with E-state index in [2.05, 4.69) is 63.2 Å². The highest BCUT2D eigenvalue weighted by Gasteiger charge is 2.15. The average molecular weight is 177 g/mol. The van der Waals surface area contributed by atoms with Gasteiger partial charge in [0.05, 0.1) is 0 Å². The van der Waals surface area contributed by atoms with Crippen molar-refractivity contribution in [3.05, 3.63) is 35.9 Å². The smallest absolute Gasteiger partial charge is 0.0127 e. The third-order valence-corrected chi connectivity index (χ3v) is 2.86. The van der Waals surface area contributed by atoms with Gasteiger partial charge in [0.2, 0.25) is 0 Å². The van der Waals surface area contributed by atoms with Crippen molar-refractivity contribution in [2.75, 3.05) is 14.1 Å². The lowest BCUT2D eigenvalue weighted by Gasteiger charge is -2.26. The third-order valence-electron chi connectivity index (χ3n) is 2.86. The zero-order chi connectivity index (χ0) is 9.84. The summed E-state index contributed by atoms with van der Waals surface area (Å²) in [5.41, 5.74) is 1.42. The minimum atomic E-state index is 0.586. The van der Waals surface area contributed by atoms with E-state index in [1.807, 2.05) is 0 Å². The van der Waals surface area contributed by atoms with E-state index in [9.17, 15) is 0 Å². The fraction of sp³-hybridized carbons (Fsp3) is 0.500. The van der Waals surface area contributed by atoms with Crippen LogP contribution in [0.25, 0.3) is 0 Å². The van der Waals surface area contributed by atoms with Gasteiger partial charge >= 0.3 is 0 Å². The zero-order valence-corrected chi connectivity index (χ0v) is 8.99. The first-order chi connectivity index (χ1) is 6.13. The van der Waals surface area contributed by atoms with Crippen molar-refractivity contribution in [1.29, 1.82) is 0 Å². The lowest BCUT2D eigenvalue weighted by molar-refractivity contribution is 0.280. The number of rotatable bonds is 3. The van der Waals surface area contributed by atoms with Crippen LogP contribution in [0.2, 0.25) is 0 Å². The maximum Gasteiger partial charge on any atom is 0.0127 e. The minimum absolute atomic E-state index is 0.586. The summed E-state index contributed by atoms with van der Waals surface area (Å²) in [4.78, 5) is 2.26. The van der Waals surface area contributed by atoms with Crippen LogP contribution in [-0.4, -0.2) is 25.0 Å². The van der Waals surface area contributed by atoms with Crippen LogP contribution in [0.1, 0.15) is 25.3 Å². The molecule has 0 bridgehead atoms. The molecule has 0 aliphatic carbocycles. The molecule has 0 radical (unpaired) electrons. The molecule has 1 rings (SSSR count).